The molecule has 1 atom stereocenters. The molecule has 0 aliphatic rings. The Kier molecular flexibility index (Phi) is 3.25. The molecule has 2 aromatic heterocycles. The first-order valence-corrected chi connectivity index (χ1v) is 6.92. The van der Waals surface area contributed by atoms with E-state index in [9.17, 15) is 4.79 Å². The topological polar surface area (TPSA) is 62.7 Å². The van der Waals surface area contributed by atoms with Crippen molar-refractivity contribution in [2.75, 3.05) is 0 Å². The summed E-state index contributed by atoms with van der Waals surface area (Å²) in [5.74, 6) is 0.675. The minimum absolute atomic E-state index is 0.0895. The fourth-order valence-electron chi connectivity index (χ4n) is 2.52. The molecule has 3 rings (SSSR count). The van der Waals surface area contributed by atoms with E-state index in [4.69, 9.17) is 0 Å². The highest BCUT2D eigenvalue weighted by Gasteiger charge is 2.17. The van der Waals surface area contributed by atoms with E-state index in [1.54, 1.807) is 6.20 Å². The maximum Gasteiger partial charge on any atom is 0.254 e. The fourth-order valence-corrected chi connectivity index (χ4v) is 2.52. The van der Waals surface area contributed by atoms with Gasteiger partial charge in [-0.05, 0) is 19.9 Å². The molecule has 5 heteroatoms. The summed E-state index contributed by atoms with van der Waals surface area (Å²) in [7, 11) is 1.94. The number of carbonyl (C=O) groups is 1. The number of hydrogen-bond donors (Lipinski definition) is 2. The molecule has 0 unspecified atom stereocenters. The van der Waals surface area contributed by atoms with Crippen molar-refractivity contribution in [2.45, 2.75) is 19.9 Å². The molecule has 0 saturated heterocycles. The van der Waals surface area contributed by atoms with Gasteiger partial charge in [-0.2, -0.15) is 0 Å². The van der Waals surface area contributed by atoms with Crippen molar-refractivity contribution in [1.29, 1.82) is 0 Å². The van der Waals surface area contributed by atoms with Crippen LogP contribution in [0.5, 0.6) is 0 Å². The third-order valence-corrected chi connectivity index (χ3v) is 3.62. The summed E-state index contributed by atoms with van der Waals surface area (Å²) in [6.45, 7) is 3.86. The molecule has 2 N–H and O–H groups in total. The zero-order chi connectivity index (χ0) is 15.0. The SMILES string of the molecule is Cc1cnc([C@H](C)NC(=O)c2cn(C)c3ccccc23)[nH]1. The van der Waals surface area contributed by atoms with Gasteiger partial charge < -0.3 is 14.9 Å². The number of nitrogens with one attached hydrogen (secondary N) is 2. The highest BCUT2D eigenvalue weighted by Crippen LogP contribution is 2.21. The van der Waals surface area contributed by atoms with Crippen molar-refractivity contribution in [2.24, 2.45) is 7.05 Å². The van der Waals surface area contributed by atoms with Crippen LogP contribution in [0.15, 0.2) is 36.7 Å². The number of fused-ring (bicyclic) bond motifs is 1. The average Bonchev–Trinajstić information content (AvgIpc) is 3.04. The molecule has 1 amide bonds. The number of H-pyrrole nitrogens is 1. The molecule has 2 heterocycles. The lowest BCUT2D eigenvalue weighted by atomic mass is 10.1. The van der Waals surface area contributed by atoms with Gasteiger partial charge in [-0.1, -0.05) is 18.2 Å². The molecule has 1 aromatic carbocycles. The minimum Gasteiger partial charge on any atom is -0.350 e. The van der Waals surface area contributed by atoms with E-state index in [1.807, 2.05) is 55.9 Å². The van der Waals surface area contributed by atoms with E-state index in [0.717, 1.165) is 22.4 Å². The lowest BCUT2D eigenvalue weighted by molar-refractivity contribution is 0.0940. The van der Waals surface area contributed by atoms with Gasteiger partial charge in [0.1, 0.15) is 5.82 Å². The van der Waals surface area contributed by atoms with Crippen LogP contribution < -0.4 is 5.32 Å². The smallest absolute Gasteiger partial charge is 0.254 e. The van der Waals surface area contributed by atoms with Gasteiger partial charge in [0.05, 0.1) is 11.6 Å². The molecule has 0 radical (unpaired) electrons. The predicted molar refractivity (Wildman–Crippen MR) is 82.1 cm³/mol. The van der Waals surface area contributed by atoms with Crippen LogP contribution in [0.1, 0.15) is 34.8 Å². The number of aromatic nitrogens is 3. The van der Waals surface area contributed by atoms with Crippen LogP contribution in [0.4, 0.5) is 0 Å². The number of amides is 1. The molecule has 21 heavy (non-hydrogen) atoms. The Morgan fingerprint density at radius 1 is 1.38 bits per heavy atom. The second-order valence-electron chi connectivity index (χ2n) is 5.32. The van der Waals surface area contributed by atoms with Gasteiger partial charge in [0, 0.05) is 36.0 Å². The van der Waals surface area contributed by atoms with E-state index in [2.05, 4.69) is 15.3 Å². The molecule has 0 saturated carbocycles. The summed E-state index contributed by atoms with van der Waals surface area (Å²) in [6, 6.07) is 7.72. The minimum atomic E-state index is -0.162. The number of nitrogens with zero attached hydrogens (tertiary/aromatic N) is 2. The van der Waals surface area contributed by atoms with E-state index in [1.165, 1.54) is 0 Å². The van der Waals surface area contributed by atoms with Crippen LogP contribution in [0.25, 0.3) is 10.9 Å². The maximum atomic E-state index is 12.5. The van der Waals surface area contributed by atoms with Gasteiger partial charge in [0.15, 0.2) is 0 Å². The van der Waals surface area contributed by atoms with Gasteiger partial charge in [0.2, 0.25) is 0 Å². The quantitative estimate of drug-likeness (QED) is 0.776. The largest absolute Gasteiger partial charge is 0.350 e. The van der Waals surface area contributed by atoms with Crippen LogP contribution in [0, 0.1) is 6.92 Å². The summed E-state index contributed by atoms with van der Waals surface area (Å²) in [5.41, 5.74) is 2.71. The van der Waals surface area contributed by atoms with E-state index in [-0.39, 0.29) is 11.9 Å². The summed E-state index contributed by atoms with van der Waals surface area (Å²) in [5, 5.41) is 3.94. The zero-order valence-electron chi connectivity index (χ0n) is 12.3. The number of benzene rings is 1. The summed E-state index contributed by atoms with van der Waals surface area (Å²) >= 11 is 0. The second-order valence-corrected chi connectivity index (χ2v) is 5.32. The van der Waals surface area contributed by atoms with Crippen molar-refractivity contribution in [3.63, 3.8) is 0 Å². The predicted octanol–water partition coefficient (Wildman–Crippen LogP) is 2.70. The molecule has 0 fully saturated rings. The van der Waals surface area contributed by atoms with Crippen LogP contribution in [0.2, 0.25) is 0 Å². The Hall–Kier alpha value is -2.56. The van der Waals surface area contributed by atoms with Gasteiger partial charge in [0.25, 0.3) is 5.91 Å². The molecule has 0 aliphatic carbocycles. The van der Waals surface area contributed by atoms with E-state index >= 15 is 0 Å². The third-order valence-electron chi connectivity index (χ3n) is 3.62. The van der Waals surface area contributed by atoms with Crippen molar-refractivity contribution >= 4 is 16.8 Å². The highest BCUT2D eigenvalue weighted by molar-refractivity contribution is 6.07. The third kappa shape index (κ3) is 2.42. The van der Waals surface area contributed by atoms with Crippen molar-refractivity contribution in [3.05, 3.63) is 53.7 Å². The molecule has 3 aromatic rings. The Bertz CT molecular complexity index is 800. The molecule has 5 nitrogen and oxygen atoms in total. The number of aryl methyl sites for hydroxylation is 2. The number of imidazole rings is 1. The summed E-state index contributed by atoms with van der Waals surface area (Å²) in [4.78, 5) is 19.9. The zero-order valence-corrected chi connectivity index (χ0v) is 12.3. The van der Waals surface area contributed by atoms with Crippen molar-refractivity contribution < 1.29 is 4.79 Å². The Labute approximate surface area is 123 Å². The summed E-state index contributed by atoms with van der Waals surface area (Å²) in [6.07, 6.45) is 3.62. The number of carbonyl (C=O) groups excluding carboxylic acids is 1. The fraction of sp³-hybridized carbons (Fsp3) is 0.250. The lowest BCUT2D eigenvalue weighted by Crippen LogP contribution is -2.27. The van der Waals surface area contributed by atoms with Crippen LogP contribution in [-0.4, -0.2) is 20.4 Å². The molecule has 0 bridgehead atoms. The maximum absolute atomic E-state index is 12.5. The van der Waals surface area contributed by atoms with Gasteiger partial charge in [-0.25, -0.2) is 4.98 Å². The standard InChI is InChI=1S/C16H18N4O/c1-10-8-17-15(18-10)11(2)19-16(21)13-9-20(3)14-7-5-4-6-12(13)14/h4-9,11H,1-3H3,(H,17,18)(H,19,21)/t11-/m0/s1. The Balaban J connectivity index is 1.87. The summed E-state index contributed by atoms with van der Waals surface area (Å²) < 4.78 is 1.96. The molecule has 108 valence electrons. The average molecular weight is 282 g/mol. The molecular formula is C16H18N4O. The number of aromatic amines is 1. The van der Waals surface area contributed by atoms with Crippen LogP contribution >= 0.6 is 0 Å². The highest BCUT2D eigenvalue weighted by atomic mass is 16.1. The molecule has 0 spiro atoms. The van der Waals surface area contributed by atoms with Gasteiger partial charge in [-0.3, -0.25) is 4.79 Å². The second kappa shape index (κ2) is 5.09. The number of para-hydroxylation sites is 1. The first kappa shape index (κ1) is 13.4. The first-order valence-electron chi connectivity index (χ1n) is 6.92. The first-order chi connectivity index (χ1) is 10.1. The Morgan fingerprint density at radius 3 is 2.86 bits per heavy atom. The molecule has 0 aliphatic heterocycles. The monoisotopic (exact) mass is 282 g/mol. The van der Waals surface area contributed by atoms with Crippen LogP contribution in [0.3, 0.4) is 0 Å². The number of hydrogen-bond acceptors (Lipinski definition) is 2. The van der Waals surface area contributed by atoms with E-state index < -0.39 is 0 Å². The lowest BCUT2D eigenvalue weighted by Gasteiger charge is -2.11. The normalized spacial score (nSPS) is 12.5. The Morgan fingerprint density at radius 2 is 2.14 bits per heavy atom. The molecular weight excluding hydrogens is 264 g/mol. The van der Waals surface area contributed by atoms with Crippen molar-refractivity contribution in [1.82, 2.24) is 19.9 Å². The van der Waals surface area contributed by atoms with Crippen molar-refractivity contribution in [3.8, 4) is 0 Å². The van der Waals surface area contributed by atoms with E-state index in [0.29, 0.717) is 5.56 Å². The van der Waals surface area contributed by atoms with Gasteiger partial charge >= 0.3 is 0 Å². The van der Waals surface area contributed by atoms with Crippen LogP contribution in [-0.2, 0) is 7.05 Å². The number of rotatable bonds is 3. The van der Waals surface area contributed by atoms with Gasteiger partial charge in [-0.15, -0.1) is 0 Å².